The van der Waals surface area contributed by atoms with Crippen LogP contribution in [0, 0.1) is 24.2 Å². The fraction of sp³-hybridized carbons (Fsp3) is 0.450. The summed E-state index contributed by atoms with van der Waals surface area (Å²) in [6, 6.07) is 9.02. The van der Waals surface area contributed by atoms with E-state index in [1.165, 1.54) is 18.7 Å². The summed E-state index contributed by atoms with van der Waals surface area (Å²) in [7, 11) is 0. The number of amides is 1. The van der Waals surface area contributed by atoms with Crippen LogP contribution in [0.4, 0.5) is 0 Å². The van der Waals surface area contributed by atoms with Gasteiger partial charge in [0.2, 0.25) is 5.89 Å². The van der Waals surface area contributed by atoms with E-state index in [0.717, 1.165) is 0 Å². The van der Waals surface area contributed by atoms with Crippen LogP contribution in [0.2, 0.25) is 0 Å². The molecule has 2 atom stereocenters. The first-order valence-corrected chi connectivity index (χ1v) is 10.1. The molecule has 1 N–H and O–H groups in total. The number of thioether (sulfide) groups is 1. The summed E-state index contributed by atoms with van der Waals surface area (Å²) < 4.78 is 10.4. The van der Waals surface area contributed by atoms with Gasteiger partial charge in [0.1, 0.15) is 5.54 Å². The molecule has 1 aromatic heterocycles. The minimum absolute atomic E-state index is 0.107. The topological polar surface area (TPSA) is 118 Å². The van der Waals surface area contributed by atoms with E-state index in [4.69, 9.17) is 9.26 Å². The molecule has 0 fully saturated rings. The van der Waals surface area contributed by atoms with Crippen LogP contribution in [0.15, 0.2) is 33.7 Å². The zero-order chi connectivity index (χ0) is 21.6. The largest absolute Gasteiger partial charge is 0.449 e. The Balaban J connectivity index is 2.04. The van der Waals surface area contributed by atoms with Crippen LogP contribution in [0.3, 0.4) is 0 Å². The van der Waals surface area contributed by atoms with Crippen molar-refractivity contribution in [3.05, 3.63) is 41.5 Å². The Bertz CT molecular complexity index is 921. The van der Waals surface area contributed by atoms with Crippen molar-refractivity contribution in [2.45, 2.75) is 56.9 Å². The number of nitrogens with zero attached hydrogens (tertiary/aromatic N) is 3. The molecular formula is C20H24N4O4S. The van der Waals surface area contributed by atoms with Gasteiger partial charge >= 0.3 is 5.97 Å². The van der Waals surface area contributed by atoms with Crippen molar-refractivity contribution in [1.29, 1.82) is 5.26 Å². The van der Waals surface area contributed by atoms with E-state index in [-0.39, 0.29) is 5.92 Å². The average molecular weight is 417 g/mol. The van der Waals surface area contributed by atoms with Crippen LogP contribution in [-0.2, 0) is 15.3 Å². The van der Waals surface area contributed by atoms with Gasteiger partial charge in [-0.1, -0.05) is 31.1 Å². The summed E-state index contributed by atoms with van der Waals surface area (Å²) in [5.74, 6) is 0.135. The summed E-state index contributed by atoms with van der Waals surface area (Å²) in [6.07, 6.45) is -1.05. The molecule has 0 spiro atoms. The van der Waals surface area contributed by atoms with Gasteiger partial charge in [0, 0.05) is 4.90 Å². The molecule has 2 aromatic rings. The van der Waals surface area contributed by atoms with Gasteiger partial charge in [-0.05, 0) is 38.8 Å². The predicted octanol–water partition coefficient (Wildman–Crippen LogP) is 3.27. The van der Waals surface area contributed by atoms with E-state index in [1.807, 2.05) is 13.8 Å². The SMILES string of the molecule is Cc1noc(CSc2ccccc2C(=O)OC(C)C(=O)NC(C)(C#N)C(C)C)n1. The fourth-order valence-electron chi connectivity index (χ4n) is 2.24. The molecule has 1 heterocycles. The first-order chi connectivity index (χ1) is 13.7. The number of rotatable bonds is 8. The van der Waals surface area contributed by atoms with Gasteiger partial charge < -0.3 is 14.6 Å². The van der Waals surface area contributed by atoms with Crippen molar-refractivity contribution >= 4 is 23.6 Å². The lowest BCUT2D eigenvalue weighted by Gasteiger charge is -2.28. The lowest BCUT2D eigenvalue weighted by atomic mass is 9.90. The molecule has 1 aromatic carbocycles. The van der Waals surface area contributed by atoms with Gasteiger partial charge in [-0.25, -0.2) is 4.79 Å². The molecular weight excluding hydrogens is 392 g/mol. The molecule has 29 heavy (non-hydrogen) atoms. The summed E-state index contributed by atoms with van der Waals surface area (Å²) in [5.41, 5.74) is -0.714. The van der Waals surface area contributed by atoms with E-state index in [2.05, 4.69) is 21.5 Å². The Morgan fingerprint density at radius 1 is 1.34 bits per heavy atom. The van der Waals surface area contributed by atoms with Crippen LogP contribution in [0.1, 0.15) is 49.8 Å². The van der Waals surface area contributed by atoms with E-state index < -0.39 is 23.5 Å². The molecule has 154 valence electrons. The van der Waals surface area contributed by atoms with Crippen LogP contribution in [-0.4, -0.2) is 33.7 Å². The minimum Gasteiger partial charge on any atom is -0.449 e. The van der Waals surface area contributed by atoms with Crippen molar-refractivity contribution in [3.8, 4) is 6.07 Å². The molecule has 0 aliphatic carbocycles. The number of hydrogen-bond donors (Lipinski definition) is 1. The number of nitriles is 1. The number of hydrogen-bond acceptors (Lipinski definition) is 8. The predicted molar refractivity (Wildman–Crippen MR) is 107 cm³/mol. The second-order valence-electron chi connectivity index (χ2n) is 7.03. The zero-order valence-corrected chi connectivity index (χ0v) is 17.9. The highest BCUT2D eigenvalue weighted by atomic mass is 32.2. The number of ether oxygens (including phenoxy) is 1. The average Bonchev–Trinajstić information content (AvgIpc) is 3.11. The molecule has 9 heteroatoms. The molecule has 0 radical (unpaired) electrons. The highest BCUT2D eigenvalue weighted by Crippen LogP contribution is 2.26. The van der Waals surface area contributed by atoms with Crippen LogP contribution in [0.25, 0.3) is 0 Å². The first kappa shape index (κ1) is 22.4. The van der Waals surface area contributed by atoms with Crippen LogP contribution >= 0.6 is 11.8 Å². The lowest BCUT2D eigenvalue weighted by molar-refractivity contribution is -0.130. The number of aromatic nitrogens is 2. The number of nitrogens with one attached hydrogen (secondary N) is 1. The Hall–Kier alpha value is -2.86. The van der Waals surface area contributed by atoms with Gasteiger partial charge in [0.25, 0.3) is 5.91 Å². The smallest absolute Gasteiger partial charge is 0.340 e. The lowest BCUT2D eigenvalue weighted by Crippen LogP contribution is -2.52. The van der Waals surface area contributed by atoms with Crippen molar-refractivity contribution in [2.24, 2.45) is 5.92 Å². The maximum atomic E-state index is 12.6. The van der Waals surface area contributed by atoms with Crippen LogP contribution < -0.4 is 5.32 Å². The summed E-state index contributed by atoms with van der Waals surface area (Å²) >= 11 is 1.35. The number of benzene rings is 1. The molecule has 2 rings (SSSR count). The maximum Gasteiger partial charge on any atom is 0.340 e. The third-order valence-electron chi connectivity index (χ3n) is 4.45. The second kappa shape index (κ2) is 9.56. The number of carbonyl (C=O) groups is 2. The molecule has 0 bridgehead atoms. The number of esters is 1. The normalized spacial score (nSPS) is 14.0. The van der Waals surface area contributed by atoms with Crippen molar-refractivity contribution < 1.29 is 18.8 Å². The van der Waals surface area contributed by atoms with Gasteiger partial charge in [0.15, 0.2) is 11.9 Å². The minimum atomic E-state index is -1.05. The molecule has 8 nitrogen and oxygen atoms in total. The second-order valence-corrected chi connectivity index (χ2v) is 8.04. The van der Waals surface area contributed by atoms with E-state index in [9.17, 15) is 14.9 Å². The van der Waals surface area contributed by atoms with Crippen molar-refractivity contribution in [1.82, 2.24) is 15.5 Å². The van der Waals surface area contributed by atoms with Crippen LogP contribution in [0.5, 0.6) is 0 Å². The third kappa shape index (κ3) is 5.81. The molecule has 1 amide bonds. The monoisotopic (exact) mass is 416 g/mol. The Labute approximate surface area is 174 Å². The standard InChI is InChI=1S/C20H24N4O4S/c1-12(2)20(5,11-21)23-18(25)13(3)27-19(26)15-8-6-7-9-16(15)29-10-17-22-14(4)24-28-17/h6-9,12-13H,10H2,1-5H3,(H,23,25). The zero-order valence-electron chi connectivity index (χ0n) is 17.1. The molecule has 0 aliphatic heterocycles. The Morgan fingerprint density at radius 2 is 2.03 bits per heavy atom. The van der Waals surface area contributed by atoms with E-state index in [0.29, 0.717) is 27.9 Å². The van der Waals surface area contributed by atoms with Gasteiger partial charge in [-0.3, -0.25) is 4.79 Å². The maximum absolute atomic E-state index is 12.6. The number of aryl methyl sites for hydroxylation is 1. The molecule has 2 unspecified atom stereocenters. The highest BCUT2D eigenvalue weighted by molar-refractivity contribution is 7.98. The van der Waals surface area contributed by atoms with Crippen molar-refractivity contribution in [2.75, 3.05) is 0 Å². The summed E-state index contributed by atoms with van der Waals surface area (Å²) in [4.78, 5) is 29.9. The van der Waals surface area contributed by atoms with E-state index >= 15 is 0 Å². The number of carbonyl (C=O) groups excluding carboxylic acids is 2. The van der Waals surface area contributed by atoms with Gasteiger partial charge in [-0.2, -0.15) is 10.2 Å². The van der Waals surface area contributed by atoms with Gasteiger partial charge in [0.05, 0.1) is 17.4 Å². The molecule has 0 aliphatic rings. The van der Waals surface area contributed by atoms with Crippen molar-refractivity contribution in [3.63, 3.8) is 0 Å². The Kier molecular flexibility index (Phi) is 7.40. The van der Waals surface area contributed by atoms with E-state index in [1.54, 1.807) is 38.1 Å². The summed E-state index contributed by atoms with van der Waals surface area (Å²) in [5, 5.41) is 15.7. The quantitative estimate of drug-likeness (QED) is 0.514. The highest BCUT2D eigenvalue weighted by Gasteiger charge is 2.32. The first-order valence-electron chi connectivity index (χ1n) is 9.11. The third-order valence-corrected chi connectivity index (χ3v) is 5.51. The molecule has 0 saturated heterocycles. The summed E-state index contributed by atoms with van der Waals surface area (Å²) in [6.45, 7) is 8.50. The molecule has 0 saturated carbocycles. The fourth-order valence-corrected chi connectivity index (χ4v) is 3.11. The van der Waals surface area contributed by atoms with Gasteiger partial charge in [-0.15, -0.1) is 11.8 Å². The Morgan fingerprint density at radius 3 is 2.62 bits per heavy atom.